The summed E-state index contributed by atoms with van der Waals surface area (Å²) in [5, 5.41) is 6.34. The minimum atomic E-state index is -4.06. The van der Waals surface area contributed by atoms with Crippen LogP contribution in [-0.4, -0.2) is 59.4 Å². The van der Waals surface area contributed by atoms with Gasteiger partial charge in [-0.1, -0.05) is 48.0 Å². The van der Waals surface area contributed by atoms with Gasteiger partial charge in [-0.3, -0.25) is 14.3 Å². The second-order valence-corrected chi connectivity index (χ2v) is 11.6. The van der Waals surface area contributed by atoms with Crippen LogP contribution >= 0.6 is 11.6 Å². The third kappa shape index (κ3) is 7.39. The SMILES string of the molecule is COc1ccc(-c2cccc(C(=O)N(C)C)c2)cc1S(=O)(=O)Nc1cccc(NCCNC(=O)c2ccccc2Cl)c1. The number of hydrogen-bond acceptors (Lipinski definition) is 6. The standard InChI is InChI=1S/C31H31ClN4O5S/c1-36(2)31(38)23-9-6-8-21(18-23)22-14-15-28(41-3)29(19-22)42(39,40)35-25-11-7-10-24(20-25)33-16-17-34-30(37)26-12-4-5-13-27(26)32/h4-15,18-20,33,35H,16-17H2,1-3H3,(H,34,37). The fourth-order valence-electron chi connectivity index (χ4n) is 4.18. The highest BCUT2D eigenvalue weighted by Crippen LogP contribution is 2.32. The highest BCUT2D eigenvalue weighted by molar-refractivity contribution is 7.92. The van der Waals surface area contributed by atoms with E-state index in [1.807, 2.05) is 6.07 Å². The number of nitrogens with one attached hydrogen (secondary N) is 3. The third-order valence-corrected chi connectivity index (χ3v) is 8.01. The molecule has 11 heteroatoms. The van der Waals surface area contributed by atoms with Crippen molar-refractivity contribution in [1.29, 1.82) is 0 Å². The minimum Gasteiger partial charge on any atom is -0.495 e. The summed E-state index contributed by atoms with van der Waals surface area (Å²) in [4.78, 5) is 26.2. The zero-order valence-corrected chi connectivity index (χ0v) is 24.9. The molecule has 2 amide bonds. The number of carbonyl (C=O) groups is 2. The summed E-state index contributed by atoms with van der Waals surface area (Å²) in [6.45, 7) is 0.725. The molecule has 0 aromatic heterocycles. The van der Waals surface area contributed by atoms with E-state index < -0.39 is 10.0 Å². The average Bonchev–Trinajstić information content (AvgIpc) is 2.98. The first-order chi connectivity index (χ1) is 20.1. The van der Waals surface area contributed by atoms with Gasteiger partial charge in [-0.2, -0.15) is 0 Å². The molecule has 0 atom stereocenters. The van der Waals surface area contributed by atoms with Crippen molar-refractivity contribution in [2.24, 2.45) is 0 Å². The molecule has 9 nitrogen and oxygen atoms in total. The number of hydrogen-bond donors (Lipinski definition) is 3. The Morgan fingerprint density at radius 1 is 0.833 bits per heavy atom. The van der Waals surface area contributed by atoms with Crippen LogP contribution in [0.5, 0.6) is 5.75 Å². The Labute approximate surface area is 250 Å². The molecule has 0 bridgehead atoms. The lowest BCUT2D eigenvalue weighted by Crippen LogP contribution is -2.28. The molecule has 0 saturated carbocycles. The van der Waals surface area contributed by atoms with Crippen molar-refractivity contribution in [1.82, 2.24) is 10.2 Å². The maximum Gasteiger partial charge on any atom is 0.265 e. The van der Waals surface area contributed by atoms with Crippen molar-refractivity contribution in [2.75, 3.05) is 44.3 Å². The predicted molar refractivity (Wildman–Crippen MR) is 166 cm³/mol. The molecule has 0 heterocycles. The zero-order chi connectivity index (χ0) is 30.3. The Kier molecular flexibility index (Phi) is 9.72. The number of rotatable bonds is 11. The number of carbonyl (C=O) groups excluding carboxylic acids is 2. The van der Waals surface area contributed by atoms with Crippen LogP contribution in [0.2, 0.25) is 5.02 Å². The number of sulfonamides is 1. The zero-order valence-electron chi connectivity index (χ0n) is 23.3. The molecule has 42 heavy (non-hydrogen) atoms. The molecule has 218 valence electrons. The molecule has 4 aromatic carbocycles. The summed E-state index contributed by atoms with van der Waals surface area (Å²) < 4.78 is 35.0. The van der Waals surface area contributed by atoms with Crippen LogP contribution in [0.15, 0.2) is 95.9 Å². The smallest absolute Gasteiger partial charge is 0.265 e. The van der Waals surface area contributed by atoms with E-state index in [-0.39, 0.29) is 22.5 Å². The number of anilines is 2. The van der Waals surface area contributed by atoms with Crippen LogP contribution in [-0.2, 0) is 10.0 Å². The number of ether oxygens (including phenoxy) is 1. The molecular weight excluding hydrogens is 576 g/mol. The van der Waals surface area contributed by atoms with Gasteiger partial charge in [-0.05, 0) is 65.7 Å². The second kappa shape index (κ2) is 13.4. The summed E-state index contributed by atoms with van der Waals surface area (Å²) in [6.07, 6.45) is 0. The van der Waals surface area contributed by atoms with Crippen LogP contribution in [0.25, 0.3) is 11.1 Å². The number of nitrogens with zero attached hydrogens (tertiary/aromatic N) is 1. The molecule has 0 aliphatic heterocycles. The average molecular weight is 607 g/mol. The van der Waals surface area contributed by atoms with E-state index in [0.717, 1.165) is 0 Å². The van der Waals surface area contributed by atoms with Crippen molar-refractivity contribution in [3.8, 4) is 16.9 Å². The van der Waals surface area contributed by atoms with Crippen LogP contribution in [0.3, 0.4) is 0 Å². The van der Waals surface area contributed by atoms with E-state index in [0.29, 0.717) is 51.7 Å². The number of amides is 2. The second-order valence-electron chi connectivity index (χ2n) is 9.49. The quantitative estimate of drug-likeness (QED) is 0.198. The third-order valence-electron chi connectivity index (χ3n) is 6.28. The maximum absolute atomic E-state index is 13.5. The minimum absolute atomic E-state index is 0.0486. The summed E-state index contributed by atoms with van der Waals surface area (Å²) in [5.74, 6) is -0.261. The van der Waals surface area contributed by atoms with Crippen LogP contribution in [0, 0.1) is 0 Å². The van der Waals surface area contributed by atoms with Crippen molar-refractivity contribution in [3.05, 3.63) is 107 Å². The van der Waals surface area contributed by atoms with Crippen molar-refractivity contribution in [2.45, 2.75) is 4.90 Å². The Morgan fingerprint density at radius 3 is 2.29 bits per heavy atom. The molecule has 0 radical (unpaired) electrons. The van der Waals surface area contributed by atoms with Crippen molar-refractivity contribution in [3.63, 3.8) is 0 Å². The van der Waals surface area contributed by atoms with Gasteiger partial charge >= 0.3 is 0 Å². The predicted octanol–water partition coefficient (Wildman–Crippen LogP) is 5.36. The van der Waals surface area contributed by atoms with Gasteiger partial charge in [0.15, 0.2) is 0 Å². The van der Waals surface area contributed by atoms with Gasteiger partial charge in [0, 0.05) is 38.4 Å². The van der Waals surface area contributed by atoms with E-state index in [9.17, 15) is 18.0 Å². The number of benzene rings is 4. The lowest BCUT2D eigenvalue weighted by atomic mass is 10.0. The van der Waals surface area contributed by atoms with Gasteiger partial charge in [0.1, 0.15) is 10.6 Å². The van der Waals surface area contributed by atoms with Gasteiger partial charge < -0.3 is 20.3 Å². The summed E-state index contributed by atoms with van der Waals surface area (Å²) in [5.41, 5.74) is 3.18. The van der Waals surface area contributed by atoms with Crippen LogP contribution in [0.1, 0.15) is 20.7 Å². The van der Waals surface area contributed by atoms with E-state index in [1.54, 1.807) is 93.0 Å². The van der Waals surface area contributed by atoms with Crippen molar-refractivity contribution >= 4 is 44.8 Å². The van der Waals surface area contributed by atoms with Gasteiger partial charge in [0.2, 0.25) is 0 Å². The number of methoxy groups -OCH3 is 1. The van der Waals surface area contributed by atoms with Crippen LogP contribution in [0.4, 0.5) is 11.4 Å². The normalized spacial score (nSPS) is 11.0. The van der Waals surface area contributed by atoms with E-state index in [4.69, 9.17) is 16.3 Å². The summed E-state index contributed by atoms with van der Waals surface area (Å²) in [6, 6.07) is 25.4. The molecule has 0 saturated heterocycles. The molecule has 0 spiro atoms. The molecule has 0 unspecified atom stereocenters. The number of halogens is 1. The molecule has 0 aliphatic carbocycles. The first-order valence-electron chi connectivity index (χ1n) is 13.0. The molecule has 4 rings (SSSR count). The van der Waals surface area contributed by atoms with E-state index in [2.05, 4.69) is 15.4 Å². The Balaban J connectivity index is 1.47. The molecule has 0 aliphatic rings. The molecule has 3 N–H and O–H groups in total. The van der Waals surface area contributed by atoms with Crippen molar-refractivity contribution < 1.29 is 22.7 Å². The monoisotopic (exact) mass is 606 g/mol. The first kappa shape index (κ1) is 30.4. The van der Waals surface area contributed by atoms with E-state index in [1.165, 1.54) is 18.1 Å². The fourth-order valence-corrected chi connectivity index (χ4v) is 5.65. The van der Waals surface area contributed by atoms with Gasteiger partial charge in [0.25, 0.3) is 21.8 Å². The Morgan fingerprint density at radius 2 is 1.55 bits per heavy atom. The molecule has 0 fully saturated rings. The Bertz CT molecular complexity index is 1710. The van der Waals surface area contributed by atoms with E-state index >= 15 is 0 Å². The summed E-state index contributed by atoms with van der Waals surface area (Å²) in [7, 11) is 0.681. The summed E-state index contributed by atoms with van der Waals surface area (Å²) >= 11 is 6.07. The van der Waals surface area contributed by atoms with Crippen LogP contribution < -0.4 is 20.1 Å². The topological polar surface area (TPSA) is 117 Å². The highest BCUT2D eigenvalue weighted by Gasteiger charge is 2.21. The van der Waals surface area contributed by atoms with Gasteiger partial charge in [-0.15, -0.1) is 0 Å². The maximum atomic E-state index is 13.5. The lowest BCUT2D eigenvalue weighted by Gasteiger charge is -2.15. The fraction of sp³-hybridized carbons (Fsp3) is 0.161. The van der Waals surface area contributed by atoms with Gasteiger partial charge in [0.05, 0.1) is 23.4 Å². The van der Waals surface area contributed by atoms with Gasteiger partial charge in [-0.25, -0.2) is 8.42 Å². The first-order valence-corrected chi connectivity index (χ1v) is 14.8. The Hall–Kier alpha value is -4.54. The highest BCUT2D eigenvalue weighted by atomic mass is 35.5. The lowest BCUT2D eigenvalue weighted by molar-refractivity contribution is 0.0827. The molecular formula is C31H31ClN4O5S. The largest absolute Gasteiger partial charge is 0.495 e. The molecule has 4 aromatic rings.